The molecule has 0 spiro atoms. The monoisotopic (exact) mass is 646 g/mol. The molecule has 1 atom stereocenters. The topological polar surface area (TPSA) is 129 Å². The fourth-order valence-corrected chi connectivity index (χ4v) is 6.13. The number of ether oxygens (including phenoxy) is 1. The summed E-state index contributed by atoms with van der Waals surface area (Å²) in [4.78, 5) is 47.0. The maximum absolute atomic E-state index is 14.5. The quantitative estimate of drug-likeness (QED) is 0.359. The van der Waals surface area contributed by atoms with E-state index in [2.05, 4.69) is 15.6 Å². The third kappa shape index (κ3) is 6.39. The molecular weight excluding hydrogens is 614 g/mol. The molecule has 5 rings (SSSR count). The number of likely N-dealkylation sites (tertiary alicyclic amines) is 1. The summed E-state index contributed by atoms with van der Waals surface area (Å²) >= 11 is 12.7. The molecule has 2 fully saturated rings. The largest absolute Gasteiger partial charge is 0.494 e. The summed E-state index contributed by atoms with van der Waals surface area (Å²) in [6.07, 6.45) is 2.51. The van der Waals surface area contributed by atoms with E-state index in [-0.39, 0.29) is 57.6 Å². The van der Waals surface area contributed by atoms with Crippen molar-refractivity contribution >= 4 is 46.6 Å². The minimum absolute atomic E-state index is 0.000630. The van der Waals surface area contributed by atoms with E-state index in [1.54, 1.807) is 35.0 Å². The molecule has 1 aromatic heterocycles. The molecule has 3 heterocycles. The van der Waals surface area contributed by atoms with Crippen molar-refractivity contribution in [3.05, 3.63) is 63.8 Å². The Kier molecular flexibility index (Phi) is 9.74. The van der Waals surface area contributed by atoms with E-state index in [0.29, 0.717) is 62.5 Å². The van der Waals surface area contributed by atoms with Crippen LogP contribution < -0.4 is 15.4 Å². The van der Waals surface area contributed by atoms with Gasteiger partial charge < -0.3 is 34.8 Å². The van der Waals surface area contributed by atoms with Crippen LogP contribution in [0, 0.1) is 11.7 Å². The number of nitrogens with zero attached hydrogens (tertiary/aromatic N) is 4. The third-order valence-electron chi connectivity index (χ3n) is 8.11. The molecule has 1 unspecified atom stereocenters. The van der Waals surface area contributed by atoms with Gasteiger partial charge in [-0.15, -0.1) is 0 Å². The number of carbonyl (C=O) groups is 3. The van der Waals surface area contributed by atoms with Crippen molar-refractivity contribution in [2.24, 2.45) is 13.0 Å². The van der Waals surface area contributed by atoms with Crippen molar-refractivity contribution in [1.82, 2.24) is 24.7 Å². The highest BCUT2D eigenvalue weighted by Gasteiger charge is 2.33. The minimum Gasteiger partial charge on any atom is -0.494 e. The first-order chi connectivity index (χ1) is 21.1. The van der Waals surface area contributed by atoms with Crippen LogP contribution in [0.3, 0.4) is 0 Å². The molecule has 2 aromatic carbocycles. The Labute approximate surface area is 263 Å². The molecule has 3 aromatic rings. The van der Waals surface area contributed by atoms with Crippen LogP contribution in [0.4, 0.5) is 10.1 Å². The highest BCUT2D eigenvalue weighted by atomic mass is 35.5. The van der Waals surface area contributed by atoms with Crippen LogP contribution >= 0.6 is 23.2 Å². The van der Waals surface area contributed by atoms with Crippen molar-refractivity contribution < 1.29 is 28.6 Å². The number of halogens is 3. The van der Waals surface area contributed by atoms with E-state index >= 15 is 0 Å². The molecule has 0 aliphatic carbocycles. The average molecular weight is 648 g/mol. The first-order valence-corrected chi connectivity index (χ1v) is 15.0. The van der Waals surface area contributed by atoms with Gasteiger partial charge in [0.25, 0.3) is 11.8 Å². The van der Waals surface area contributed by atoms with Crippen LogP contribution in [0.2, 0.25) is 10.0 Å². The second kappa shape index (κ2) is 13.5. The molecule has 3 N–H and O–H groups in total. The predicted octanol–water partition coefficient (Wildman–Crippen LogP) is 3.44. The summed E-state index contributed by atoms with van der Waals surface area (Å²) in [7, 11) is 2.95. The van der Waals surface area contributed by atoms with Gasteiger partial charge in [-0.3, -0.25) is 14.4 Å². The molecule has 14 heteroatoms. The maximum Gasteiger partial charge on any atom is 0.291 e. The summed E-state index contributed by atoms with van der Waals surface area (Å²) < 4.78 is 20.9. The average Bonchev–Trinajstić information content (AvgIpc) is 3.42. The van der Waals surface area contributed by atoms with Crippen molar-refractivity contribution in [2.45, 2.75) is 18.9 Å². The SMILES string of the molecule is COc1ccc(-c2cnc(C(=O)Nc3ccc(C(=O)N4CCC(C(=O)N5CCNC(CO)C5)CC4)c(Cl)c3)n2C)c(Cl)c1F. The zero-order valence-electron chi connectivity index (χ0n) is 24.3. The molecule has 234 valence electrons. The lowest BCUT2D eigenvalue weighted by molar-refractivity contribution is -0.138. The van der Waals surface area contributed by atoms with Gasteiger partial charge in [0.05, 0.1) is 41.2 Å². The van der Waals surface area contributed by atoms with Crippen molar-refractivity contribution in [2.75, 3.05) is 51.8 Å². The van der Waals surface area contributed by atoms with E-state index in [9.17, 15) is 23.9 Å². The zero-order valence-corrected chi connectivity index (χ0v) is 25.8. The van der Waals surface area contributed by atoms with E-state index in [0.717, 1.165) is 0 Å². The Morgan fingerprint density at radius 2 is 1.89 bits per heavy atom. The summed E-state index contributed by atoms with van der Waals surface area (Å²) in [6.45, 7) is 2.54. The van der Waals surface area contributed by atoms with Crippen LogP contribution in [-0.2, 0) is 11.8 Å². The van der Waals surface area contributed by atoms with E-state index in [1.807, 2.05) is 0 Å². The summed E-state index contributed by atoms with van der Waals surface area (Å²) in [5, 5.41) is 15.4. The first kappa shape index (κ1) is 31.7. The van der Waals surface area contributed by atoms with Crippen molar-refractivity contribution in [3.8, 4) is 17.0 Å². The van der Waals surface area contributed by atoms with Crippen LogP contribution in [-0.4, -0.2) is 94.7 Å². The fourth-order valence-electron chi connectivity index (χ4n) is 5.62. The molecule has 2 saturated heterocycles. The lowest BCUT2D eigenvalue weighted by Gasteiger charge is -2.38. The number of anilines is 1. The number of benzene rings is 2. The second-order valence-electron chi connectivity index (χ2n) is 10.8. The Hall–Kier alpha value is -3.71. The van der Waals surface area contributed by atoms with E-state index in [4.69, 9.17) is 27.9 Å². The number of hydrogen-bond donors (Lipinski definition) is 3. The molecule has 44 heavy (non-hydrogen) atoms. The number of piperazine rings is 1. The number of nitrogens with one attached hydrogen (secondary N) is 2. The van der Waals surface area contributed by atoms with E-state index in [1.165, 1.54) is 30.0 Å². The number of carbonyl (C=O) groups excluding carboxylic acids is 3. The van der Waals surface area contributed by atoms with Gasteiger partial charge in [-0.25, -0.2) is 9.37 Å². The lowest BCUT2D eigenvalue weighted by atomic mass is 9.94. The van der Waals surface area contributed by atoms with Gasteiger partial charge in [0, 0.05) is 63.0 Å². The minimum atomic E-state index is -0.715. The molecule has 2 aliphatic heterocycles. The predicted molar refractivity (Wildman–Crippen MR) is 164 cm³/mol. The Balaban J connectivity index is 1.20. The van der Waals surface area contributed by atoms with Crippen LogP contribution in [0.5, 0.6) is 5.75 Å². The van der Waals surface area contributed by atoms with Crippen LogP contribution in [0.1, 0.15) is 33.8 Å². The highest BCUT2D eigenvalue weighted by Crippen LogP contribution is 2.35. The highest BCUT2D eigenvalue weighted by molar-refractivity contribution is 6.34. The second-order valence-corrected chi connectivity index (χ2v) is 11.6. The van der Waals surface area contributed by atoms with Crippen LogP contribution in [0.25, 0.3) is 11.3 Å². The molecule has 0 saturated carbocycles. The van der Waals surface area contributed by atoms with Gasteiger partial charge >= 0.3 is 0 Å². The van der Waals surface area contributed by atoms with Gasteiger partial charge in [-0.2, -0.15) is 0 Å². The van der Waals surface area contributed by atoms with Gasteiger partial charge in [0.1, 0.15) is 0 Å². The van der Waals surface area contributed by atoms with Crippen molar-refractivity contribution in [3.63, 3.8) is 0 Å². The smallest absolute Gasteiger partial charge is 0.291 e. The first-order valence-electron chi connectivity index (χ1n) is 14.2. The van der Waals surface area contributed by atoms with E-state index < -0.39 is 11.7 Å². The zero-order chi connectivity index (χ0) is 31.5. The molecule has 3 amide bonds. The Bertz CT molecular complexity index is 1580. The summed E-state index contributed by atoms with van der Waals surface area (Å²) in [5.74, 6) is -1.56. The Morgan fingerprint density at radius 1 is 1.14 bits per heavy atom. The number of aliphatic hydroxyl groups excluding tert-OH is 1. The normalized spacial score (nSPS) is 17.5. The molecule has 0 radical (unpaired) electrons. The molecular formula is C30H33Cl2FN6O5. The molecule has 2 aliphatic rings. The van der Waals surface area contributed by atoms with Gasteiger partial charge in [-0.05, 0) is 43.2 Å². The maximum atomic E-state index is 14.5. The molecule has 11 nitrogen and oxygen atoms in total. The Morgan fingerprint density at radius 3 is 2.57 bits per heavy atom. The fraction of sp³-hybridized carbons (Fsp3) is 0.400. The van der Waals surface area contributed by atoms with Gasteiger partial charge in [0.2, 0.25) is 5.91 Å². The lowest BCUT2D eigenvalue weighted by Crippen LogP contribution is -2.56. The number of amides is 3. The number of piperidine rings is 1. The van der Waals surface area contributed by atoms with Gasteiger partial charge in [0.15, 0.2) is 17.4 Å². The number of imidazole rings is 1. The number of aromatic nitrogens is 2. The summed E-state index contributed by atoms with van der Waals surface area (Å²) in [6, 6.07) is 7.53. The summed E-state index contributed by atoms with van der Waals surface area (Å²) in [5.41, 5.74) is 1.42. The third-order valence-corrected chi connectivity index (χ3v) is 8.79. The number of hydrogen-bond acceptors (Lipinski definition) is 7. The van der Waals surface area contributed by atoms with Crippen molar-refractivity contribution in [1.29, 1.82) is 0 Å². The van der Waals surface area contributed by atoms with Crippen LogP contribution in [0.15, 0.2) is 36.5 Å². The standard InChI is InChI=1S/C30H33Cl2FN6O5/c1-37-23(21-5-6-24(44-2)26(33)25(21)32)14-35-27(37)28(41)36-18-3-4-20(22(31)13-18)30(43)38-10-7-17(8-11-38)29(42)39-12-9-34-19(15-39)16-40/h3-6,13-14,17,19,34,40H,7-12,15-16H2,1-2H3,(H,36,41). The number of rotatable bonds is 7. The number of methoxy groups -OCH3 is 1. The number of aliphatic hydroxyl groups is 1. The molecule has 0 bridgehead atoms. The van der Waals surface area contributed by atoms with Gasteiger partial charge in [-0.1, -0.05) is 23.2 Å².